The first-order valence-corrected chi connectivity index (χ1v) is 8.62. The number of nitrogens with one attached hydrogen (secondary N) is 1. The summed E-state index contributed by atoms with van der Waals surface area (Å²) in [6.45, 7) is 0. The van der Waals surface area contributed by atoms with Gasteiger partial charge in [-0.25, -0.2) is 9.37 Å². The van der Waals surface area contributed by atoms with Gasteiger partial charge in [0.05, 0.1) is 5.69 Å². The van der Waals surface area contributed by atoms with Gasteiger partial charge in [-0.1, -0.05) is 0 Å². The summed E-state index contributed by atoms with van der Waals surface area (Å²) in [5.74, 6) is -0.503. The van der Waals surface area contributed by atoms with Crippen molar-refractivity contribution in [1.82, 2.24) is 9.38 Å². The number of carbonyl (C=O) groups excluding carboxylic acids is 1. The van der Waals surface area contributed by atoms with Gasteiger partial charge in [-0.2, -0.15) is 0 Å². The lowest BCUT2D eigenvalue weighted by Crippen LogP contribution is -2.17. The van der Waals surface area contributed by atoms with E-state index in [-0.39, 0.29) is 17.5 Å². The Bertz CT molecular complexity index is 1020. The number of amides is 1. The van der Waals surface area contributed by atoms with E-state index in [0.29, 0.717) is 29.2 Å². The summed E-state index contributed by atoms with van der Waals surface area (Å²) in [6.07, 6.45) is -1.20. The Hall–Kier alpha value is -3.10. The lowest BCUT2D eigenvalue weighted by molar-refractivity contribution is -0.274. The van der Waals surface area contributed by atoms with E-state index in [9.17, 15) is 22.4 Å². The molecule has 0 atom stereocenters. The minimum Gasteiger partial charge on any atom is -0.406 e. The normalized spacial score (nSPS) is 14.3. The first kappa shape index (κ1) is 18.3. The SMILES string of the molecule is O=C(CC1CC1)Nc1nc2ccc(F)cn2c1-c1ccc(OC(F)(F)F)cc1. The molecule has 9 heteroatoms. The highest BCUT2D eigenvalue weighted by Gasteiger charge is 2.31. The number of fused-ring (bicyclic) bond motifs is 1. The minimum absolute atomic E-state index is 0.204. The molecule has 1 aliphatic carbocycles. The average Bonchev–Trinajstić information content (AvgIpc) is 3.34. The molecule has 0 bridgehead atoms. The van der Waals surface area contributed by atoms with Crippen LogP contribution in [0.4, 0.5) is 23.4 Å². The van der Waals surface area contributed by atoms with Crippen molar-refractivity contribution in [3.63, 3.8) is 0 Å². The summed E-state index contributed by atoms with van der Waals surface area (Å²) >= 11 is 0. The molecule has 1 saturated carbocycles. The van der Waals surface area contributed by atoms with Crippen LogP contribution in [0.3, 0.4) is 0 Å². The van der Waals surface area contributed by atoms with Crippen LogP contribution in [0.5, 0.6) is 5.75 Å². The standard InChI is InChI=1S/C19H15F4N3O2/c20-13-5-8-15-24-18(25-16(27)9-11-1-2-11)17(26(15)10-13)12-3-6-14(7-4-12)28-19(21,22)23/h3-8,10-11H,1-2,9H2,(H,25,27). The van der Waals surface area contributed by atoms with Gasteiger partial charge in [0.2, 0.25) is 5.91 Å². The maximum atomic E-state index is 13.8. The molecular weight excluding hydrogens is 378 g/mol. The molecule has 0 saturated heterocycles. The van der Waals surface area contributed by atoms with Gasteiger partial charge in [0, 0.05) is 18.2 Å². The fraction of sp³-hybridized carbons (Fsp3) is 0.263. The van der Waals surface area contributed by atoms with Gasteiger partial charge in [0.1, 0.15) is 17.2 Å². The molecule has 3 aromatic rings. The molecule has 28 heavy (non-hydrogen) atoms. The molecule has 0 radical (unpaired) electrons. The molecule has 1 fully saturated rings. The molecule has 0 unspecified atom stereocenters. The van der Waals surface area contributed by atoms with E-state index in [1.807, 2.05) is 0 Å². The lowest BCUT2D eigenvalue weighted by Gasteiger charge is -2.10. The molecule has 1 aliphatic rings. The Balaban J connectivity index is 1.71. The van der Waals surface area contributed by atoms with Crippen LogP contribution in [-0.2, 0) is 4.79 Å². The summed E-state index contributed by atoms with van der Waals surface area (Å²) in [7, 11) is 0. The van der Waals surface area contributed by atoms with E-state index in [1.165, 1.54) is 34.9 Å². The summed E-state index contributed by atoms with van der Waals surface area (Å²) in [6, 6.07) is 7.78. The highest BCUT2D eigenvalue weighted by molar-refractivity contribution is 5.94. The van der Waals surface area contributed by atoms with Gasteiger partial charge in [-0.15, -0.1) is 13.2 Å². The largest absolute Gasteiger partial charge is 0.573 e. The van der Waals surface area contributed by atoms with Crippen molar-refractivity contribution in [3.05, 3.63) is 48.4 Å². The number of pyridine rings is 1. The molecule has 0 aliphatic heterocycles. The zero-order chi connectivity index (χ0) is 19.9. The van der Waals surface area contributed by atoms with E-state index in [2.05, 4.69) is 15.0 Å². The molecule has 146 valence electrons. The topological polar surface area (TPSA) is 55.6 Å². The van der Waals surface area contributed by atoms with E-state index in [0.717, 1.165) is 25.0 Å². The van der Waals surface area contributed by atoms with Crippen LogP contribution >= 0.6 is 0 Å². The van der Waals surface area contributed by atoms with Gasteiger partial charge in [0.25, 0.3) is 0 Å². The van der Waals surface area contributed by atoms with Crippen LogP contribution in [0.25, 0.3) is 16.9 Å². The second kappa shape index (κ2) is 6.81. The third-order valence-corrected chi connectivity index (χ3v) is 4.37. The van der Waals surface area contributed by atoms with Gasteiger partial charge in [0.15, 0.2) is 5.82 Å². The summed E-state index contributed by atoms with van der Waals surface area (Å²) < 4.78 is 56.2. The molecule has 4 rings (SSSR count). The smallest absolute Gasteiger partial charge is 0.406 e. The number of nitrogens with zero attached hydrogens (tertiary/aromatic N) is 2. The van der Waals surface area contributed by atoms with Crippen LogP contribution in [-0.4, -0.2) is 21.7 Å². The van der Waals surface area contributed by atoms with Crippen LogP contribution in [0.2, 0.25) is 0 Å². The van der Waals surface area contributed by atoms with Crippen molar-refractivity contribution < 1.29 is 27.1 Å². The molecule has 0 spiro atoms. The predicted octanol–water partition coefficient (Wildman–Crippen LogP) is 4.78. The number of alkyl halides is 3. The van der Waals surface area contributed by atoms with Crippen LogP contribution < -0.4 is 10.1 Å². The number of anilines is 1. The number of benzene rings is 1. The zero-order valence-electron chi connectivity index (χ0n) is 14.5. The second-order valence-corrected chi connectivity index (χ2v) is 6.65. The third kappa shape index (κ3) is 4.08. The van der Waals surface area contributed by atoms with Crippen LogP contribution in [0, 0.1) is 11.7 Å². The number of carbonyl (C=O) groups is 1. The Morgan fingerprint density at radius 2 is 1.89 bits per heavy atom. The number of imidazole rings is 1. The molecule has 2 aromatic heterocycles. The Morgan fingerprint density at radius 3 is 2.54 bits per heavy atom. The van der Waals surface area contributed by atoms with Crippen molar-refractivity contribution in [2.24, 2.45) is 5.92 Å². The predicted molar refractivity (Wildman–Crippen MR) is 93.2 cm³/mol. The zero-order valence-corrected chi connectivity index (χ0v) is 14.5. The Morgan fingerprint density at radius 1 is 1.18 bits per heavy atom. The van der Waals surface area contributed by atoms with Crippen molar-refractivity contribution >= 4 is 17.4 Å². The number of aromatic nitrogens is 2. The number of rotatable bonds is 5. The van der Waals surface area contributed by atoms with E-state index in [1.54, 1.807) is 0 Å². The van der Waals surface area contributed by atoms with Gasteiger partial charge in [-0.3, -0.25) is 9.20 Å². The third-order valence-electron chi connectivity index (χ3n) is 4.37. The van der Waals surface area contributed by atoms with Gasteiger partial charge < -0.3 is 10.1 Å². The first-order chi connectivity index (χ1) is 13.3. The lowest BCUT2D eigenvalue weighted by atomic mass is 10.1. The first-order valence-electron chi connectivity index (χ1n) is 8.62. The Kier molecular flexibility index (Phi) is 4.44. The summed E-state index contributed by atoms with van der Waals surface area (Å²) in [4.78, 5) is 16.6. The molecule has 2 heterocycles. The molecule has 1 aromatic carbocycles. The molecule has 5 nitrogen and oxygen atoms in total. The maximum absolute atomic E-state index is 13.8. The number of ether oxygens (including phenoxy) is 1. The van der Waals surface area contributed by atoms with E-state index in [4.69, 9.17) is 0 Å². The van der Waals surface area contributed by atoms with Crippen LogP contribution in [0.1, 0.15) is 19.3 Å². The molecular formula is C19H15F4N3O2. The number of hydrogen-bond acceptors (Lipinski definition) is 3. The summed E-state index contributed by atoms with van der Waals surface area (Å²) in [5.41, 5.74) is 1.22. The van der Waals surface area contributed by atoms with E-state index >= 15 is 0 Å². The van der Waals surface area contributed by atoms with Crippen LogP contribution in [0.15, 0.2) is 42.6 Å². The Labute approximate surface area is 156 Å². The maximum Gasteiger partial charge on any atom is 0.573 e. The van der Waals surface area contributed by atoms with Crippen molar-refractivity contribution in [1.29, 1.82) is 0 Å². The highest BCUT2D eigenvalue weighted by atomic mass is 19.4. The van der Waals surface area contributed by atoms with Crippen molar-refractivity contribution in [2.45, 2.75) is 25.6 Å². The average molecular weight is 393 g/mol. The fourth-order valence-electron chi connectivity index (χ4n) is 2.96. The monoisotopic (exact) mass is 393 g/mol. The van der Waals surface area contributed by atoms with Crippen molar-refractivity contribution in [3.8, 4) is 17.0 Å². The highest BCUT2D eigenvalue weighted by Crippen LogP contribution is 2.34. The van der Waals surface area contributed by atoms with Crippen molar-refractivity contribution in [2.75, 3.05) is 5.32 Å². The van der Waals surface area contributed by atoms with Gasteiger partial charge >= 0.3 is 6.36 Å². The quantitative estimate of drug-likeness (QED) is 0.635. The van der Waals surface area contributed by atoms with E-state index < -0.39 is 12.2 Å². The minimum atomic E-state index is -4.80. The molecule has 1 amide bonds. The number of halogens is 4. The fourth-order valence-corrected chi connectivity index (χ4v) is 2.96. The van der Waals surface area contributed by atoms with Gasteiger partial charge in [-0.05, 0) is 55.2 Å². The molecule has 1 N–H and O–H groups in total. The second-order valence-electron chi connectivity index (χ2n) is 6.65. The number of hydrogen-bond donors (Lipinski definition) is 1. The summed E-state index contributed by atoms with van der Waals surface area (Å²) in [5, 5.41) is 2.74.